The molecule has 0 radical (unpaired) electrons. The van der Waals surface area contributed by atoms with Gasteiger partial charge in [0.05, 0.1) is 16.8 Å². The first kappa shape index (κ1) is 14.7. The van der Waals surface area contributed by atoms with Crippen LogP contribution in [0.3, 0.4) is 0 Å². The van der Waals surface area contributed by atoms with Gasteiger partial charge in [0.25, 0.3) is 5.69 Å². The molecule has 0 saturated heterocycles. The molecule has 0 spiro atoms. The van der Waals surface area contributed by atoms with Crippen molar-refractivity contribution in [2.24, 2.45) is 0 Å². The van der Waals surface area contributed by atoms with Gasteiger partial charge in [0.1, 0.15) is 0 Å². The van der Waals surface area contributed by atoms with Crippen LogP contribution in [0.5, 0.6) is 0 Å². The highest BCUT2D eigenvalue weighted by Gasteiger charge is 2.15. The highest BCUT2D eigenvalue weighted by Crippen LogP contribution is 2.18. The van der Waals surface area contributed by atoms with Crippen LogP contribution in [0.15, 0.2) is 24.3 Å². The summed E-state index contributed by atoms with van der Waals surface area (Å²) in [5.74, 6) is 0.0314. The zero-order chi connectivity index (χ0) is 13.7. The van der Waals surface area contributed by atoms with Crippen molar-refractivity contribution in [3.05, 3.63) is 39.9 Å². The van der Waals surface area contributed by atoms with E-state index in [-0.39, 0.29) is 22.5 Å². The lowest BCUT2D eigenvalue weighted by molar-refractivity contribution is -0.384. The number of nitro groups is 1. The van der Waals surface area contributed by atoms with E-state index in [4.69, 9.17) is 0 Å². The average molecular weight is 269 g/mol. The number of non-ortho nitro benzene ring substituents is 1. The third-order valence-corrected chi connectivity index (χ3v) is 3.88. The number of nitrogens with zero attached hydrogens (tertiary/aromatic N) is 1. The lowest BCUT2D eigenvalue weighted by atomic mass is 10.1. The molecule has 0 bridgehead atoms. The van der Waals surface area contributed by atoms with Gasteiger partial charge in [-0.2, -0.15) is 0 Å². The number of aliphatic hydroxyl groups is 1. The number of hydrogen-bond acceptors (Lipinski definition) is 5. The van der Waals surface area contributed by atoms with E-state index in [2.05, 4.69) is 0 Å². The van der Waals surface area contributed by atoms with Crippen LogP contribution in [0.4, 0.5) is 5.69 Å². The summed E-state index contributed by atoms with van der Waals surface area (Å²) in [7, 11) is 0. The van der Waals surface area contributed by atoms with Crippen molar-refractivity contribution in [2.75, 3.05) is 5.75 Å². The van der Waals surface area contributed by atoms with E-state index in [1.807, 2.05) is 6.92 Å². The standard InChI is InChI=1S/C12H15NO4S/c1-8(14)9(2)18-7-12(15)10-4-3-5-11(6-10)13(16)17/h3-6,8-9,14H,7H2,1-2H3. The number of Topliss-reactive ketones (excluding diaryl/α,β-unsaturated/α-hetero) is 1. The van der Waals surface area contributed by atoms with E-state index in [9.17, 15) is 20.0 Å². The van der Waals surface area contributed by atoms with E-state index in [1.165, 1.54) is 30.0 Å². The zero-order valence-electron chi connectivity index (χ0n) is 10.2. The van der Waals surface area contributed by atoms with Crippen molar-refractivity contribution in [2.45, 2.75) is 25.2 Å². The lowest BCUT2D eigenvalue weighted by Gasteiger charge is -2.13. The number of benzene rings is 1. The van der Waals surface area contributed by atoms with Gasteiger partial charge in [-0.05, 0) is 6.92 Å². The predicted octanol–water partition coefficient (Wildman–Crippen LogP) is 2.28. The molecule has 2 unspecified atom stereocenters. The van der Waals surface area contributed by atoms with Gasteiger partial charge in [0.2, 0.25) is 0 Å². The predicted molar refractivity (Wildman–Crippen MR) is 71.0 cm³/mol. The fraction of sp³-hybridized carbons (Fsp3) is 0.417. The molecule has 2 atom stereocenters. The minimum atomic E-state index is -0.525. The molecule has 1 aromatic carbocycles. The van der Waals surface area contributed by atoms with Crippen LogP contribution in [0, 0.1) is 10.1 Å². The highest BCUT2D eigenvalue weighted by molar-refractivity contribution is 8.00. The lowest BCUT2D eigenvalue weighted by Crippen LogP contribution is -2.17. The quantitative estimate of drug-likeness (QED) is 0.487. The molecule has 0 saturated carbocycles. The molecule has 0 heterocycles. The Labute approximate surface area is 109 Å². The molecule has 98 valence electrons. The number of nitro benzene ring substituents is 1. The molecular formula is C12H15NO4S. The van der Waals surface area contributed by atoms with Gasteiger partial charge in [-0.15, -0.1) is 11.8 Å². The van der Waals surface area contributed by atoms with Gasteiger partial charge in [-0.3, -0.25) is 14.9 Å². The van der Waals surface area contributed by atoms with E-state index in [1.54, 1.807) is 13.0 Å². The van der Waals surface area contributed by atoms with E-state index in [0.29, 0.717) is 5.56 Å². The normalized spacial score (nSPS) is 13.9. The summed E-state index contributed by atoms with van der Waals surface area (Å²) in [6.45, 7) is 3.49. The van der Waals surface area contributed by atoms with Crippen LogP contribution in [0.25, 0.3) is 0 Å². The van der Waals surface area contributed by atoms with Crippen molar-refractivity contribution in [1.29, 1.82) is 0 Å². The molecule has 1 aromatic rings. The van der Waals surface area contributed by atoms with Crippen molar-refractivity contribution in [1.82, 2.24) is 0 Å². The fourth-order valence-electron chi connectivity index (χ4n) is 1.22. The third-order valence-electron chi connectivity index (χ3n) is 2.54. The summed E-state index contributed by atoms with van der Waals surface area (Å²) in [6, 6.07) is 5.68. The summed E-state index contributed by atoms with van der Waals surface area (Å²) < 4.78 is 0. The molecule has 0 amide bonds. The van der Waals surface area contributed by atoms with Crippen LogP contribution >= 0.6 is 11.8 Å². The minimum absolute atomic E-state index is 0.0485. The molecule has 5 nitrogen and oxygen atoms in total. The molecule has 0 aliphatic heterocycles. The van der Waals surface area contributed by atoms with Gasteiger partial charge in [0.15, 0.2) is 5.78 Å². The molecule has 0 aliphatic carbocycles. The van der Waals surface area contributed by atoms with Gasteiger partial charge in [-0.25, -0.2) is 0 Å². The molecule has 6 heteroatoms. The first-order valence-corrected chi connectivity index (χ1v) is 6.54. The molecule has 0 aromatic heterocycles. The Morgan fingerprint density at radius 2 is 2.17 bits per heavy atom. The Morgan fingerprint density at radius 1 is 1.50 bits per heavy atom. The number of rotatable bonds is 6. The van der Waals surface area contributed by atoms with Crippen LogP contribution in [-0.4, -0.2) is 32.9 Å². The maximum Gasteiger partial charge on any atom is 0.270 e. The van der Waals surface area contributed by atoms with E-state index < -0.39 is 11.0 Å². The van der Waals surface area contributed by atoms with Gasteiger partial charge in [-0.1, -0.05) is 19.1 Å². The largest absolute Gasteiger partial charge is 0.392 e. The maximum absolute atomic E-state index is 11.8. The molecule has 18 heavy (non-hydrogen) atoms. The Balaban J connectivity index is 2.67. The number of thioether (sulfide) groups is 1. The van der Waals surface area contributed by atoms with Crippen molar-refractivity contribution < 1.29 is 14.8 Å². The molecule has 0 fully saturated rings. The average Bonchev–Trinajstić information content (AvgIpc) is 2.35. The summed E-state index contributed by atoms with van der Waals surface area (Å²) in [5, 5.41) is 19.8. The van der Waals surface area contributed by atoms with Crippen molar-refractivity contribution in [3.8, 4) is 0 Å². The summed E-state index contributed by atoms with van der Waals surface area (Å²) in [4.78, 5) is 21.9. The smallest absolute Gasteiger partial charge is 0.270 e. The summed E-state index contributed by atoms with van der Waals surface area (Å²) >= 11 is 1.33. The summed E-state index contributed by atoms with van der Waals surface area (Å²) in [5.41, 5.74) is 0.240. The SMILES string of the molecule is CC(O)C(C)SCC(=O)c1cccc([N+](=O)[O-])c1. The van der Waals surface area contributed by atoms with E-state index in [0.717, 1.165) is 0 Å². The number of ketones is 1. The van der Waals surface area contributed by atoms with Gasteiger partial charge < -0.3 is 5.11 Å². The first-order chi connectivity index (χ1) is 8.41. The third kappa shape index (κ3) is 4.12. The van der Waals surface area contributed by atoms with Crippen molar-refractivity contribution in [3.63, 3.8) is 0 Å². The van der Waals surface area contributed by atoms with E-state index >= 15 is 0 Å². The monoisotopic (exact) mass is 269 g/mol. The Bertz CT molecular complexity index is 447. The second-order valence-electron chi connectivity index (χ2n) is 3.99. The van der Waals surface area contributed by atoms with Crippen LogP contribution in [0.2, 0.25) is 0 Å². The van der Waals surface area contributed by atoms with Gasteiger partial charge >= 0.3 is 0 Å². The van der Waals surface area contributed by atoms with Crippen LogP contribution in [-0.2, 0) is 0 Å². The fourth-order valence-corrected chi connectivity index (χ4v) is 2.08. The molecule has 0 aliphatic rings. The second kappa shape index (κ2) is 6.51. The number of carbonyl (C=O) groups is 1. The number of aliphatic hydroxyl groups excluding tert-OH is 1. The first-order valence-electron chi connectivity index (χ1n) is 5.49. The number of carbonyl (C=O) groups excluding carboxylic acids is 1. The topological polar surface area (TPSA) is 80.4 Å². The zero-order valence-corrected chi connectivity index (χ0v) is 11.0. The summed E-state index contributed by atoms with van der Waals surface area (Å²) in [6.07, 6.45) is -0.493. The minimum Gasteiger partial charge on any atom is -0.392 e. The molecule has 1 rings (SSSR count). The van der Waals surface area contributed by atoms with Gasteiger partial charge in [0, 0.05) is 22.9 Å². The molecular weight excluding hydrogens is 254 g/mol. The van der Waals surface area contributed by atoms with Crippen LogP contribution < -0.4 is 0 Å². The number of hydrogen-bond donors (Lipinski definition) is 1. The Hall–Kier alpha value is -1.40. The maximum atomic E-state index is 11.8. The Morgan fingerprint density at radius 3 is 2.72 bits per heavy atom. The second-order valence-corrected chi connectivity index (χ2v) is 5.35. The van der Waals surface area contributed by atoms with Crippen molar-refractivity contribution >= 4 is 23.2 Å². The highest BCUT2D eigenvalue weighted by atomic mass is 32.2. The molecule has 1 N–H and O–H groups in total. The Kier molecular flexibility index (Phi) is 5.30. The van der Waals surface area contributed by atoms with Crippen LogP contribution in [0.1, 0.15) is 24.2 Å².